The van der Waals surface area contributed by atoms with Crippen LogP contribution in [0.5, 0.6) is 0 Å². The van der Waals surface area contributed by atoms with E-state index >= 15 is 0 Å². The Morgan fingerprint density at radius 2 is 1.33 bits per heavy atom. The lowest BCUT2D eigenvalue weighted by Crippen LogP contribution is -1.61. The van der Waals surface area contributed by atoms with E-state index in [4.69, 9.17) is 0 Å². The van der Waals surface area contributed by atoms with Gasteiger partial charge >= 0.3 is 0 Å². The van der Waals surface area contributed by atoms with Crippen molar-refractivity contribution in [1.29, 1.82) is 0 Å². The lowest BCUT2D eigenvalue weighted by atomic mass is 11.9. The van der Waals surface area contributed by atoms with E-state index in [1.165, 1.54) is 0 Å². The van der Waals surface area contributed by atoms with E-state index in [0.29, 0.717) is 0 Å². The second-order valence-electron chi connectivity index (χ2n) is 0.537. The largest absolute Gasteiger partial charge is 0.100 e. The fourth-order valence-corrected chi connectivity index (χ4v) is 0. The Labute approximate surface area is 92.0 Å². The lowest BCUT2D eigenvalue weighted by molar-refractivity contribution is 2.33. The minimum atomic E-state index is 0.254. The summed E-state index contributed by atoms with van der Waals surface area (Å²) in [5.74, 6) is 0. The first kappa shape index (κ1) is 9.35. The summed E-state index contributed by atoms with van der Waals surface area (Å²) in [4.78, 5) is 0. The predicted octanol–water partition coefficient (Wildman–Crippen LogP) is 4.32. The zero-order valence-corrected chi connectivity index (χ0v) is 12.1. The molecule has 0 spiro atoms. The molecule has 0 amide bonds. The average Bonchev–Trinajstić information content (AvgIpc) is 1.36. The molecule has 0 unspecified atom stereocenters. The van der Waals surface area contributed by atoms with E-state index < -0.39 is 0 Å². The van der Waals surface area contributed by atoms with Gasteiger partial charge in [-0.15, -0.1) is 0 Å². The molecule has 38 valence electrons. The monoisotopic (exact) mass is 552 g/mol. The van der Waals surface area contributed by atoms with Crippen LogP contribution in [0.25, 0.3) is 0 Å². The van der Waals surface area contributed by atoms with Gasteiger partial charge in [0.05, 0.1) is 0 Å². The molecule has 0 bridgehead atoms. The van der Waals surface area contributed by atoms with Crippen LogP contribution in [-0.4, -0.2) is 1.67 Å². The molecule has 0 saturated carbocycles. The third-order valence-electron chi connectivity index (χ3n) is 0.148. The molecule has 0 radical (unpaired) electrons. The minimum absolute atomic E-state index is 0.254. The van der Waals surface area contributed by atoms with Crippen molar-refractivity contribution in [3.63, 3.8) is 0 Å². The van der Waals surface area contributed by atoms with Crippen molar-refractivity contribution in [2.45, 2.75) is 1.67 Å². The van der Waals surface area contributed by atoms with Gasteiger partial charge in [-0.1, -0.05) is 45.2 Å². The van der Waals surface area contributed by atoms with Crippen LogP contribution in [0.3, 0.4) is 0 Å². The normalized spacial score (nSPS) is 11.0. The van der Waals surface area contributed by atoms with E-state index in [-0.39, 0.29) is 3.21 Å². The molecule has 0 aliphatic carbocycles. The first-order valence-corrected chi connectivity index (χ1v) is 10.5. The maximum absolute atomic E-state index is 2.47. The van der Waals surface area contributed by atoms with Gasteiger partial charge in [0.15, 0.2) is 0 Å². The van der Waals surface area contributed by atoms with Gasteiger partial charge < -0.3 is 0 Å². The van der Waals surface area contributed by atoms with Crippen molar-refractivity contribution < 1.29 is 0 Å². The van der Waals surface area contributed by atoms with Gasteiger partial charge in [0.2, 0.25) is 0 Å². The van der Waals surface area contributed by atoms with Crippen molar-refractivity contribution in [3.8, 4) is 0 Å². The Balaban J connectivity index is 2.99. The zero-order chi connectivity index (χ0) is 5.15. The highest BCUT2D eigenvalue weighted by Gasteiger charge is 2.04. The fraction of sp³-hybridized carbons (Fsp3) is 1.00. The molecule has 0 rings (SSSR count). The Hall–Kier alpha value is 3.35. The molecule has 0 N–H and O–H groups in total. The Morgan fingerprint density at radius 3 is 1.33 bits per heavy atom. The summed E-state index contributed by atoms with van der Waals surface area (Å²) in [6.07, 6.45) is 0. The van der Waals surface area contributed by atoms with Gasteiger partial charge in [-0.05, 0) is 44.1 Å². The molecule has 5 heteroatoms. The van der Waals surface area contributed by atoms with Gasteiger partial charge in [-0.3, -0.25) is 0 Å². The fourth-order valence-electron chi connectivity index (χ4n) is 0. The van der Waals surface area contributed by atoms with Gasteiger partial charge in [-0.25, -0.2) is 0 Å². The number of rotatable bonds is 1. The van der Waals surface area contributed by atoms with Crippen LogP contribution in [0.1, 0.15) is 0 Å². The van der Waals surface area contributed by atoms with E-state index in [0.717, 1.165) is 1.67 Å². The molecular formula is CHI4P. The SMILES string of the molecule is IC(I)P(I)I. The summed E-state index contributed by atoms with van der Waals surface area (Å²) in [6, 6.07) is 0. The second kappa shape index (κ2) is 5.16. The Morgan fingerprint density at radius 1 is 1.17 bits per heavy atom. The number of alkyl halides is 2. The summed E-state index contributed by atoms with van der Waals surface area (Å²) >= 11 is 9.80. The quantitative estimate of drug-likeness (QED) is 0.259. The minimum Gasteiger partial charge on any atom is -0.0641 e. The third kappa shape index (κ3) is 5.49. The maximum atomic E-state index is 2.47. The number of halogens is 4. The topological polar surface area (TPSA) is 0 Å². The molecule has 0 heterocycles. The molecule has 0 nitrogen and oxygen atoms in total. The average molecular weight is 552 g/mol. The van der Waals surface area contributed by atoms with Crippen LogP contribution in [-0.2, 0) is 0 Å². The van der Waals surface area contributed by atoms with Crippen LogP contribution in [0, 0.1) is 0 Å². The molecule has 0 aromatic rings. The summed E-state index contributed by atoms with van der Waals surface area (Å²) in [6.45, 7) is 0. The number of hydrogen-bond donors (Lipinski definition) is 0. The van der Waals surface area contributed by atoms with Crippen molar-refractivity contribution in [3.05, 3.63) is 0 Å². The van der Waals surface area contributed by atoms with Crippen molar-refractivity contribution in [2.24, 2.45) is 0 Å². The van der Waals surface area contributed by atoms with Crippen LogP contribution in [0.2, 0.25) is 0 Å². The maximum Gasteiger partial charge on any atom is 0.100 e. The molecule has 0 atom stereocenters. The molecular weight excluding hydrogens is 551 g/mol. The highest BCUT2D eigenvalue weighted by Crippen LogP contribution is 2.62. The van der Waals surface area contributed by atoms with Gasteiger partial charge in [0, 0.05) is 3.21 Å². The van der Waals surface area contributed by atoms with E-state index in [2.05, 4.69) is 89.3 Å². The highest BCUT2D eigenvalue weighted by molar-refractivity contribution is 14.3. The first-order chi connectivity index (χ1) is 2.64. The van der Waals surface area contributed by atoms with E-state index in [1.54, 1.807) is 0 Å². The van der Waals surface area contributed by atoms with E-state index in [1.807, 2.05) is 0 Å². The third-order valence-corrected chi connectivity index (χ3v) is 19.9. The van der Waals surface area contributed by atoms with Gasteiger partial charge in [0.1, 0.15) is 1.67 Å². The summed E-state index contributed by atoms with van der Waals surface area (Å²) in [5.41, 5.74) is 0. The summed E-state index contributed by atoms with van der Waals surface area (Å²) in [7, 11) is 0. The zero-order valence-electron chi connectivity index (χ0n) is 2.54. The Bertz CT molecular complexity index is 28.5. The molecule has 0 aliphatic rings. The van der Waals surface area contributed by atoms with Crippen molar-refractivity contribution in [1.82, 2.24) is 0 Å². The molecule has 0 aliphatic heterocycles. The lowest BCUT2D eigenvalue weighted by Gasteiger charge is -1.97. The summed E-state index contributed by atoms with van der Waals surface area (Å²) < 4.78 is 1.08. The highest BCUT2D eigenvalue weighted by atomic mass is 127. The molecule has 0 fully saturated rings. The van der Waals surface area contributed by atoms with Gasteiger partial charge in [-0.2, -0.15) is 0 Å². The molecule has 6 heavy (non-hydrogen) atoms. The van der Waals surface area contributed by atoms with Crippen molar-refractivity contribution in [2.75, 3.05) is 0 Å². The van der Waals surface area contributed by atoms with E-state index in [9.17, 15) is 0 Å². The predicted molar refractivity (Wildman–Crippen MR) is 66.8 cm³/mol. The first-order valence-electron chi connectivity index (χ1n) is 1.03. The van der Waals surface area contributed by atoms with Crippen LogP contribution in [0.15, 0.2) is 0 Å². The van der Waals surface area contributed by atoms with Crippen LogP contribution >= 0.6 is 92.5 Å². The molecule has 0 aromatic heterocycles. The van der Waals surface area contributed by atoms with Crippen LogP contribution in [0.4, 0.5) is 0 Å². The molecule has 0 saturated heterocycles. The smallest absolute Gasteiger partial charge is 0.0641 e. The summed E-state index contributed by atoms with van der Waals surface area (Å²) in [5, 5.41) is 0. The molecule has 0 aromatic carbocycles. The van der Waals surface area contributed by atoms with Crippen molar-refractivity contribution >= 4 is 92.5 Å². The number of hydrogen-bond acceptors (Lipinski definition) is 0. The van der Waals surface area contributed by atoms with Gasteiger partial charge in [0.25, 0.3) is 0 Å². The van der Waals surface area contributed by atoms with Crippen LogP contribution < -0.4 is 0 Å². The standard InChI is InChI=1S/CHI4P/c2-1(3)6(4)5/h1H. The Kier molecular flexibility index (Phi) is 8.04. The second-order valence-corrected chi connectivity index (χ2v) is 20.2.